The minimum absolute atomic E-state index is 0.0978. The molecule has 10 heteroatoms. The molecule has 190 valence electrons. The molecule has 5 rings (SSSR count). The van der Waals surface area contributed by atoms with Crippen LogP contribution in [0.2, 0.25) is 0 Å². The van der Waals surface area contributed by atoms with Crippen LogP contribution in [0.5, 0.6) is 0 Å². The Hall–Kier alpha value is -3.30. The van der Waals surface area contributed by atoms with Crippen molar-refractivity contribution in [3.05, 3.63) is 106 Å². The second-order valence-corrected chi connectivity index (χ2v) is 11.1. The van der Waals surface area contributed by atoms with Gasteiger partial charge in [-0.15, -0.1) is 23.5 Å². The van der Waals surface area contributed by atoms with Crippen LogP contribution in [-0.4, -0.2) is 23.6 Å². The zero-order chi connectivity index (χ0) is 26.8. The van der Waals surface area contributed by atoms with Crippen LogP contribution >= 0.6 is 46.7 Å². The normalized spacial score (nSPS) is 15.4. The average Bonchev–Trinajstić information content (AvgIpc) is 3.32. The molecule has 3 aromatic carbocycles. The van der Waals surface area contributed by atoms with Crippen molar-refractivity contribution in [1.29, 1.82) is 0 Å². The number of rotatable bonds is 8. The third kappa shape index (κ3) is 5.31. The molecule has 0 radical (unpaired) electrons. The summed E-state index contributed by atoms with van der Waals surface area (Å²) in [5.41, 5.74) is 3.13. The lowest BCUT2D eigenvalue weighted by molar-refractivity contribution is -0.121. The number of imide groups is 2. The van der Waals surface area contributed by atoms with Crippen LogP contribution in [0.3, 0.4) is 0 Å². The van der Waals surface area contributed by atoms with Crippen molar-refractivity contribution in [1.82, 2.24) is 0 Å². The molecule has 3 aromatic rings. The van der Waals surface area contributed by atoms with Crippen molar-refractivity contribution in [3.8, 4) is 0 Å². The molecule has 0 saturated carbocycles. The highest BCUT2D eigenvalue weighted by Gasteiger charge is 2.33. The molecule has 0 fully saturated rings. The van der Waals surface area contributed by atoms with E-state index in [0.29, 0.717) is 22.9 Å². The van der Waals surface area contributed by atoms with Crippen molar-refractivity contribution < 1.29 is 19.2 Å². The lowest BCUT2D eigenvalue weighted by Gasteiger charge is -2.18. The van der Waals surface area contributed by atoms with Gasteiger partial charge in [0, 0.05) is 33.4 Å². The number of carbonyl (C=O) groups excluding carboxylic acids is 4. The largest absolute Gasteiger partial charge is 0.277 e. The molecular weight excluding hydrogens is 563 g/mol. The van der Waals surface area contributed by atoms with E-state index in [1.807, 2.05) is 42.5 Å². The summed E-state index contributed by atoms with van der Waals surface area (Å²) < 4.78 is 0. The molecule has 0 aliphatic carbocycles. The SMILES string of the molecule is O=C1C=C(Cl)C(=O)N1c1ccccc1SCc1cccc(CSc2ccccc2N2C(=O)C=C(Cl)C2=O)c1. The first kappa shape index (κ1) is 26.3. The molecule has 0 spiro atoms. The second kappa shape index (κ2) is 11.2. The Morgan fingerprint density at radius 2 is 1.00 bits per heavy atom. The smallest absolute Gasteiger partial charge is 0.269 e. The molecule has 0 atom stereocenters. The van der Waals surface area contributed by atoms with Gasteiger partial charge in [-0.25, -0.2) is 9.80 Å². The van der Waals surface area contributed by atoms with Gasteiger partial charge in [-0.3, -0.25) is 19.2 Å². The van der Waals surface area contributed by atoms with Crippen molar-refractivity contribution in [3.63, 3.8) is 0 Å². The van der Waals surface area contributed by atoms with Crippen LogP contribution in [0.25, 0.3) is 0 Å². The van der Waals surface area contributed by atoms with E-state index < -0.39 is 23.6 Å². The predicted octanol–water partition coefficient (Wildman–Crippen LogP) is 6.26. The van der Waals surface area contributed by atoms with Gasteiger partial charge in [-0.1, -0.05) is 71.7 Å². The van der Waals surface area contributed by atoms with Crippen LogP contribution in [0.15, 0.2) is 105 Å². The first-order chi connectivity index (χ1) is 18.3. The summed E-state index contributed by atoms with van der Waals surface area (Å²) in [6.45, 7) is 0. The maximum atomic E-state index is 12.4. The lowest BCUT2D eigenvalue weighted by Crippen LogP contribution is -2.30. The van der Waals surface area contributed by atoms with E-state index in [-0.39, 0.29) is 10.1 Å². The zero-order valence-electron chi connectivity index (χ0n) is 19.6. The minimum atomic E-state index is -0.528. The zero-order valence-corrected chi connectivity index (χ0v) is 22.7. The van der Waals surface area contributed by atoms with Gasteiger partial charge < -0.3 is 0 Å². The van der Waals surface area contributed by atoms with E-state index in [9.17, 15) is 19.2 Å². The fourth-order valence-electron chi connectivity index (χ4n) is 4.00. The van der Waals surface area contributed by atoms with E-state index in [2.05, 4.69) is 6.07 Å². The summed E-state index contributed by atoms with van der Waals surface area (Å²) in [6.07, 6.45) is 2.26. The number of para-hydroxylation sites is 2. The van der Waals surface area contributed by atoms with Crippen molar-refractivity contribution >= 4 is 81.7 Å². The summed E-state index contributed by atoms with van der Waals surface area (Å²) in [7, 11) is 0. The van der Waals surface area contributed by atoms with E-state index in [1.165, 1.54) is 23.5 Å². The van der Waals surface area contributed by atoms with E-state index in [0.717, 1.165) is 42.9 Å². The summed E-state index contributed by atoms with van der Waals surface area (Å²) >= 11 is 14.8. The van der Waals surface area contributed by atoms with E-state index in [1.54, 1.807) is 24.3 Å². The Labute approximate surface area is 237 Å². The number of benzene rings is 3. The van der Waals surface area contributed by atoms with Crippen LogP contribution in [0.4, 0.5) is 11.4 Å². The summed E-state index contributed by atoms with van der Waals surface area (Å²) in [5.74, 6) is -0.737. The van der Waals surface area contributed by atoms with E-state index in [4.69, 9.17) is 23.2 Å². The molecule has 0 unspecified atom stereocenters. The van der Waals surface area contributed by atoms with Gasteiger partial charge in [0.05, 0.1) is 11.4 Å². The molecule has 6 nitrogen and oxygen atoms in total. The first-order valence-corrected chi connectivity index (χ1v) is 14.1. The maximum absolute atomic E-state index is 12.4. The number of halogens is 2. The molecule has 4 amide bonds. The predicted molar refractivity (Wildman–Crippen MR) is 151 cm³/mol. The Bertz CT molecular complexity index is 1440. The van der Waals surface area contributed by atoms with Crippen LogP contribution in [-0.2, 0) is 30.7 Å². The van der Waals surface area contributed by atoms with Crippen molar-refractivity contribution in [2.75, 3.05) is 9.80 Å². The topological polar surface area (TPSA) is 74.8 Å². The van der Waals surface area contributed by atoms with Gasteiger partial charge in [-0.05, 0) is 35.4 Å². The van der Waals surface area contributed by atoms with Gasteiger partial charge in [0.25, 0.3) is 23.6 Å². The van der Waals surface area contributed by atoms with Gasteiger partial charge in [-0.2, -0.15) is 0 Å². The number of carbonyl (C=O) groups is 4. The lowest BCUT2D eigenvalue weighted by atomic mass is 10.2. The quantitative estimate of drug-likeness (QED) is 0.231. The van der Waals surface area contributed by atoms with Crippen LogP contribution in [0.1, 0.15) is 11.1 Å². The number of hydrogen-bond acceptors (Lipinski definition) is 6. The number of anilines is 2. The molecule has 0 aromatic heterocycles. The minimum Gasteiger partial charge on any atom is -0.269 e. The third-order valence-electron chi connectivity index (χ3n) is 5.75. The van der Waals surface area contributed by atoms with E-state index >= 15 is 0 Å². The molecule has 38 heavy (non-hydrogen) atoms. The fraction of sp³-hybridized carbons (Fsp3) is 0.0714. The highest BCUT2D eigenvalue weighted by atomic mass is 35.5. The third-order valence-corrected chi connectivity index (χ3v) is 8.56. The van der Waals surface area contributed by atoms with Crippen molar-refractivity contribution in [2.45, 2.75) is 21.3 Å². The first-order valence-electron chi connectivity index (χ1n) is 11.4. The molecule has 2 heterocycles. The average molecular weight is 582 g/mol. The Kier molecular flexibility index (Phi) is 7.76. The molecule has 0 saturated heterocycles. The highest BCUT2D eigenvalue weighted by Crippen LogP contribution is 2.37. The summed E-state index contributed by atoms with van der Waals surface area (Å²) in [6, 6.07) is 22.5. The van der Waals surface area contributed by atoms with Crippen LogP contribution < -0.4 is 9.80 Å². The number of nitrogens with zero attached hydrogens (tertiary/aromatic N) is 2. The molecule has 0 N–H and O–H groups in total. The number of thioether (sulfide) groups is 2. The Morgan fingerprint density at radius 1 is 0.579 bits per heavy atom. The van der Waals surface area contributed by atoms with Gasteiger partial charge in [0.2, 0.25) is 0 Å². The number of hydrogen-bond donors (Lipinski definition) is 0. The standard InChI is InChI=1S/C28H18Cl2N2O4S2/c29-19-13-25(33)31(27(19)35)21-8-1-3-10-23(21)37-15-17-6-5-7-18(12-17)16-38-24-11-4-2-9-22(24)32-26(34)14-20(30)28(32)36/h1-14H,15-16H2. The number of amides is 4. The van der Waals surface area contributed by atoms with Crippen molar-refractivity contribution in [2.24, 2.45) is 0 Å². The summed E-state index contributed by atoms with van der Waals surface area (Å²) in [4.78, 5) is 53.1. The Balaban J connectivity index is 1.28. The highest BCUT2D eigenvalue weighted by molar-refractivity contribution is 7.99. The fourth-order valence-corrected chi connectivity index (χ4v) is 6.32. The molecule has 2 aliphatic rings. The molecular formula is C28H18Cl2N2O4S2. The molecule has 2 aliphatic heterocycles. The van der Waals surface area contributed by atoms with Gasteiger partial charge in [0.15, 0.2) is 0 Å². The second-order valence-electron chi connectivity index (χ2n) is 8.27. The van der Waals surface area contributed by atoms with Crippen LogP contribution in [0, 0.1) is 0 Å². The monoisotopic (exact) mass is 580 g/mol. The summed E-state index contributed by atoms with van der Waals surface area (Å²) in [5, 5.41) is -0.196. The Morgan fingerprint density at radius 3 is 1.39 bits per heavy atom. The van der Waals surface area contributed by atoms with Gasteiger partial charge in [0.1, 0.15) is 10.1 Å². The maximum Gasteiger partial charge on any atom is 0.277 e. The van der Waals surface area contributed by atoms with Gasteiger partial charge >= 0.3 is 0 Å². The molecule has 0 bridgehead atoms.